The van der Waals surface area contributed by atoms with E-state index in [9.17, 15) is 10.2 Å². The zero-order valence-electron chi connectivity index (χ0n) is 9.61. The summed E-state index contributed by atoms with van der Waals surface area (Å²) in [6, 6.07) is 3.32. The van der Waals surface area contributed by atoms with Crippen LogP contribution >= 0.6 is 0 Å². The van der Waals surface area contributed by atoms with Crippen LogP contribution in [0.15, 0.2) is 12.1 Å². The van der Waals surface area contributed by atoms with E-state index in [2.05, 4.69) is 0 Å². The monoisotopic (exact) mass is 236 g/mol. The number of aliphatic hydroxyl groups is 1. The molecule has 1 aliphatic carbocycles. The Kier molecular flexibility index (Phi) is 2.40. The van der Waals surface area contributed by atoms with Crippen molar-refractivity contribution in [2.45, 2.75) is 31.3 Å². The molecule has 0 atom stereocenters. The van der Waals surface area contributed by atoms with E-state index in [-0.39, 0.29) is 5.75 Å². The molecule has 0 unspecified atom stereocenters. The van der Waals surface area contributed by atoms with Crippen molar-refractivity contribution in [3.63, 3.8) is 0 Å². The molecular weight excluding hydrogens is 220 g/mol. The van der Waals surface area contributed by atoms with Gasteiger partial charge >= 0.3 is 0 Å². The van der Waals surface area contributed by atoms with Crippen LogP contribution in [0, 0.1) is 0 Å². The van der Waals surface area contributed by atoms with Crippen molar-refractivity contribution in [2.75, 3.05) is 13.2 Å². The van der Waals surface area contributed by atoms with E-state index in [4.69, 9.17) is 9.47 Å². The van der Waals surface area contributed by atoms with Crippen LogP contribution in [0.5, 0.6) is 17.2 Å². The van der Waals surface area contributed by atoms with Gasteiger partial charge in [-0.05, 0) is 25.0 Å². The second-order valence-electron chi connectivity index (χ2n) is 4.84. The van der Waals surface area contributed by atoms with Gasteiger partial charge in [-0.15, -0.1) is 0 Å². The number of benzene rings is 1. The zero-order valence-corrected chi connectivity index (χ0v) is 9.61. The number of hydrogen-bond donors (Lipinski definition) is 2. The summed E-state index contributed by atoms with van der Waals surface area (Å²) >= 11 is 0. The first-order chi connectivity index (χ1) is 8.18. The summed E-state index contributed by atoms with van der Waals surface area (Å²) in [5.74, 6) is 1.44. The average molecular weight is 236 g/mol. The molecule has 1 saturated carbocycles. The van der Waals surface area contributed by atoms with Crippen LogP contribution in [0.4, 0.5) is 0 Å². The molecule has 1 fully saturated rings. The molecule has 4 heteroatoms. The summed E-state index contributed by atoms with van der Waals surface area (Å²) in [4.78, 5) is 0. The van der Waals surface area contributed by atoms with Gasteiger partial charge in [0, 0.05) is 18.4 Å². The minimum atomic E-state index is -0.651. The number of hydrogen-bond acceptors (Lipinski definition) is 4. The Morgan fingerprint density at radius 2 is 1.94 bits per heavy atom. The second kappa shape index (κ2) is 3.81. The molecule has 0 aromatic heterocycles. The molecule has 0 saturated heterocycles. The zero-order chi connectivity index (χ0) is 11.9. The summed E-state index contributed by atoms with van der Waals surface area (Å²) in [5, 5.41) is 19.9. The third-order valence-electron chi connectivity index (χ3n) is 3.33. The van der Waals surface area contributed by atoms with Gasteiger partial charge < -0.3 is 19.7 Å². The van der Waals surface area contributed by atoms with Crippen molar-refractivity contribution in [3.05, 3.63) is 17.7 Å². The third kappa shape index (κ3) is 2.05. The van der Waals surface area contributed by atoms with E-state index < -0.39 is 5.60 Å². The van der Waals surface area contributed by atoms with Gasteiger partial charge in [0.15, 0.2) is 11.5 Å². The lowest BCUT2D eigenvalue weighted by Crippen LogP contribution is -2.12. The third-order valence-corrected chi connectivity index (χ3v) is 3.33. The molecule has 2 aliphatic rings. The molecule has 0 amide bonds. The Labute approximate surface area is 99.8 Å². The van der Waals surface area contributed by atoms with Crippen LogP contribution in [0.2, 0.25) is 0 Å². The Morgan fingerprint density at radius 3 is 2.71 bits per heavy atom. The predicted octanol–water partition coefficient (Wildman–Crippen LogP) is 1.62. The smallest absolute Gasteiger partial charge is 0.168 e. The molecule has 2 N–H and O–H groups in total. The molecule has 3 rings (SSSR count). The van der Waals surface area contributed by atoms with E-state index in [0.717, 1.165) is 19.3 Å². The van der Waals surface area contributed by atoms with Gasteiger partial charge in [-0.3, -0.25) is 0 Å². The van der Waals surface area contributed by atoms with E-state index in [1.165, 1.54) is 0 Å². The lowest BCUT2D eigenvalue weighted by Gasteiger charge is -2.16. The Morgan fingerprint density at radius 1 is 1.18 bits per heavy atom. The van der Waals surface area contributed by atoms with Crippen molar-refractivity contribution in [3.8, 4) is 17.2 Å². The molecule has 4 nitrogen and oxygen atoms in total. The summed E-state index contributed by atoms with van der Waals surface area (Å²) < 4.78 is 11.2. The second-order valence-corrected chi connectivity index (χ2v) is 4.84. The minimum Gasteiger partial charge on any atom is -0.508 e. The molecule has 0 spiro atoms. The first kappa shape index (κ1) is 10.7. The van der Waals surface area contributed by atoms with E-state index in [0.29, 0.717) is 36.7 Å². The molecule has 0 radical (unpaired) electrons. The maximum absolute atomic E-state index is 9.97. The largest absolute Gasteiger partial charge is 0.508 e. The molecule has 1 aromatic carbocycles. The van der Waals surface area contributed by atoms with Gasteiger partial charge in [0.05, 0.1) is 18.8 Å². The maximum atomic E-state index is 9.97. The van der Waals surface area contributed by atoms with Crippen molar-refractivity contribution in [2.24, 2.45) is 0 Å². The SMILES string of the molecule is Oc1ccc2c(c1CC1(O)CC1)OCCCO2. The fraction of sp³-hybridized carbons (Fsp3) is 0.538. The van der Waals surface area contributed by atoms with Gasteiger partial charge in [-0.1, -0.05) is 0 Å². The van der Waals surface area contributed by atoms with Gasteiger partial charge in [-0.2, -0.15) is 0 Å². The Hall–Kier alpha value is -1.42. The summed E-state index contributed by atoms with van der Waals surface area (Å²) in [7, 11) is 0. The minimum absolute atomic E-state index is 0.176. The van der Waals surface area contributed by atoms with E-state index in [1.54, 1.807) is 12.1 Å². The molecule has 0 bridgehead atoms. The number of rotatable bonds is 2. The number of phenols is 1. The summed E-state index contributed by atoms with van der Waals surface area (Å²) in [6.45, 7) is 1.21. The highest BCUT2D eigenvalue weighted by molar-refractivity contribution is 5.54. The van der Waals surface area contributed by atoms with Gasteiger partial charge in [0.1, 0.15) is 5.75 Å². The van der Waals surface area contributed by atoms with E-state index >= 15 is 0 Å². The fourth-order valence-corrected chi connectivity index (χ4v) is 2.10. The highest BCUT2D eigenvalue weighted by Crippen LogP contribution is 2.45. The van der Waals surface area contributed by atoms with Gasteiger partial charge in [-0.25, -0.2) is 0 Å². The Bertz CT molecular complexity index is 437. The quantitative estimate of drug-likeness (QED) is 0.819. The summed E-state index contributed by atoms with van der Waals surface area (Å²) in [6.07, 6.45) is 2.85. The lowest BCUT2D eigenvalue weighted by atomic mass is 10.0. The lowest BCUT2D eigenvalue weighted by molar-refractivity contribution is 0.148. The molecule has 17 heavy (non-hydrogen) atoms. The molecule has 1 aliphatic heterocycles. The van der Waals surface area contributed by atoms with Crippen LogP contribution in [-0.2, 0) is 6.42 Å². The maximum Gasteiger partial charge on any atom is 0.168 e. The molecule has 92 valence electrons. The topological polar surface area (TPSA) is 58.9 Å². The first-order valence-electron chi connectivity index (χ1n) is 6.01. The van der Waals surface area contributed by atoms with Crippen molar-refractivity contribution in [1.29, 1.82) is 0 Å². The predicted molar refractivity (Wildman–Crippen MR) is 61.6 cm³/mol. The molecule has 1 aromatic rings. The van der Waals surface area contributed by atoms with Crippen molar-refractivity contribution < 1.29 is 19.7 Å². The van der Waals surface area contributed by atoms with E-state index in [1.807, 2.05) is 0 Å². The highest BCUT2D eigenvalue weighted by Gasteiger charge is 2.42. The highest BCUT2D eigenvalue weighted by atomic mass is 16.5. The van der Waals surface area contributed by atoms with Crippen LogP contribution in [-0.4, -0.2) is 29.0 Å². The number of phenolic OH excluding ortho intramolecular Hbond substituents is 1. The fourth-order valence-electron chi connectivity index (χ4n) is 2.10. The number of ether oxygens (including phenoxy) is 2. The number of aromatic hydroxyl groups is 1. The average Bonchev–Trinajstić information content (AvgIpc) is 3.06. The van der Waals surface area contributed by atoms with Crippen LogP contribution in [0.1, 0.15) is 24.8 Å². The van der Waals surface area contributed by atoms with Gasteiger partial charge in [0.25, 0.3) is 0 Å². The normalized spacial score (nSPS) is 20.8. The van der Waals surface area contributed by atoms with Crippen LogP contribution in [0.25, 0.3) is 0 Å². The molecular formula is C13H16O4. The van der Waals surface area contributed by atoms with Crippen molar-refractivity contribution in [1.82, 2.24) is 0 Å². The summed E-state index contributed by atoms with van der Waals surface area (Å²) in [5.41, 5.74) is 0.0202. The Balaban J connectivity index is 1.99. The van der Waals surface area contributed by atoms with Gasteiger partial charge in [0.2, 0.25) is 0 Å². The van der Waals surface area contributed by atoms with Crippen LogP contribution in [0.3, 0.4) is 0 Å². The molecule has 1 heterocycles. The van der Waals surface area contributed by atoms with Crippen molar-refractivity contribution >= 4 is 0 Å². The van der Waals surface area contributed by atoms with Crippen LogP contribution < -0.4 is 9.47 Å². The standard InChI is InChI=1S/C13H16O4/c14-10-2-3-11-12(17-7-1-6-16-11)9(10)8-13(15)4-5-13/h2-3,14-15H,1,4-8H2. The first-order valence-corrected chi connectivity index (χ1v) is 6.01. The number of fused-ring (bicyclic) bond motifs is 1.